The lowest BCUT2D eigenvalue weighted by Gasteiger charge is -2.06. The molecule has 2 aromatic rings. The second-order valence-electron chi connectivity index (χ2n) is 5.51. The van der Waals surface area contributed by atoms with E-state index in [4.69, 9.17) is 14.3 Å². The fourth-order valence-corrected chi connectivity index (χ4v) is 3.41. The molecule has 0 aliphatic carbocycles. The molecule has 0 unspecified atom stereocenters. The van der Waals surface area contributed by atoms with E-state index in [2.05, 4.69) is 5.32 Å². The van der Waals surface area contributed by atoms with Gasteiger partial charge in [-0.3, -0.25) is 4.79 Å². The third kappa shape index (κ3) is 4.70. The van der Waals surface area contributed by atoms with Gasteiger partial charge in [0.1, 0.15) is 17.1 Å². The van der Waals surface area contributed by atoms with Gasteiger partial charge in [0.05, 0.1) is 23.8 Å². The van der Waals surface area contributed by atoms with Crippen LogP contribution in [0.5, 0.6) is 0 Å². The van der Waals surface area contributed by atoms with Gasteiger partial charge in [-0.25, -0.2) is 13.2 Å². The molecule has 0 fully saturated rings. The number of methoxy groups -OCH3 is 1. The minimum absolute atomic E-state index is 0.0147. The van der Waals surface area contributed by atoms with E-state index < -0.39 is 21.7 Å². The second-order valence-corrected chi connectivity index (χ2v) is 7.62. The van der Waals surface area contributed by atoms with Gasteiger partial charge in [0.2, 0.25) is 0 Å². The van der Waals surface area contributed by atoms with Crippen molar-refractivity contribution in [3.63, 3.8) is 0 Å². The number of carboxylic acids is 1. The van der Waals surface area contributed by atoms with Crippen LogP contribution in [0.1, 0.15) is 32.2 Å². The summed E-state index contributed by atoms with van der Waals surface area (Å²) in [5.74, 6) is -1.11. The quantitative estimate of drug-likeness (QED) is 0.712. The maximum Gasteiger partial charge on any atom is 0.339 e. The highest BCUT2D eigenvalue weighted by molar-refractivity contribution is 7.91. The summed E-state index contributed by atoms with van der Waals surface area (Å²) in [5, 5.41) is 11.6. The van der Waals surface area contributed by atoms with Gasteiger partial charge in [0, 0.05) is 12.7 Å². The van der Waals surface area contributed by atoms with E-state index >= 15 is 0 Å². The molecule has 1 amide bonds. The molecule has 0 saturated carbocycles. The standard InChI is InChI=1S/C17H19NO7S/c1-11-15(17(20)21)9-13(25-11)10-18-16(19)12-3-5-14(6-4-12)26(22,23)8-7-24-2/h3-6,9H,7-8,10H2,1-2H3,(H,18,19)(H,20,21). The lowest BCUT2D eigenvalue weighted by Crippen LogP contribution is -2.22. The maximum atomic E-state index is 12.1. The number of carboxylic acid groups (broad SMARTS) is 1. The van der Waals surface area contributed by atoms with E-state index in [1.165, 1.54) is 44.4 Å². The fourth-order valence-electron chi connectivity index (χ4n) is 2.24. The first-order chi connectivity index (χ1) is 12.2. The molecule has 140 valence electrons. The van der Waals surface area contributed by atoms with Gasteiger partial charge in [-0.2, -0.15) is 0 Å². The number of aryl methyl sites for hydroxylation is 1. The molecular weight excluding hydrogens is 362 g/mol. The molecule has 1 aromatic heterocycles. The molecule has 8 nitrogen and oxygen atoms in total. The van der Waals surface area contributed by atoms with Crippen molar-refractivity contribution in [2.24, 2.45) is 0 Å². The summed E-state index contributed by atoms with van der Waals surface area (Å²) in [4.78, 5) is 23.2. The number of aromatic carboxylic acids is 1. The number of hydrogen-bond donors (Lipinski definition) is 2. The lowest BCUT2D eigenvalue weighted by atomic mass is 10.2. The molecule has 0 radical (unpaired) electrons. The van der Waals surface area contributed by atoms with E-state index in [0.717, 1.165) is 0 Å². The molecule has 0 saturated heterocycles. The van der Waals surface area contributed by atoms with Gasteiger partial charge in [-0.05, 0) is 37.3 Å². The molecule has 26 heavy (non-hydrogen) atoms. The van der Waals surface area contributed by atoms with E-state index in [-0.39, 0.29) is 40.7 Å². The summed E-state index contributed by atoms with van der Waals surface area (Å²) in [6.45, 7) is 1.63. The molecule has 1 aromatic carbocycles. The predicted molar refractivity (Wildman–Crippen MR) is 91.9 cm³/mol. The molecule has 0 aliphatic rings. The molecule has 0 atom stereocenters. The topological polar surface area (TPSA) is 123 Å². The Morgan fingerprint density at radius 2 is 1.88 bits per heavy atom. The predicted octanol–water partition coefficient (Wildman–Crippen LogP) is 1.64. The summed E-state index contributed by atoms with van der Waals surface area (Å²) in [6, 6.07) is 6.89. The van der Waals surface area contributed by atoms with Crippen molar-refractivity contribution in [2.75, 3.05) is 19.5 Å². The highest BCUT2D eigenvalue weighted by Gasteiger charge is 2.16. The van der Waals surface area contributed by atoms with Gasteiger partial charge in [0.25, 0.3) is 5.91 Å². The smallest absolute Gasteiger partial charge is 0.339 e. The molecule has 0 spiro atoms. The molecule has 1 heterocycles. The van der Waals surface area contributed by atoms with Crippen LogP contribution in [-0.2, 0) is 21.1 Å². The van der Waals surface area contributed by atoms with Gasteiger partial charge in [0.15, 0.2) is 9.84 Å². The van der Waals surface area contributed by atoms with Crippen LogP contribution in [0, 0.1) is 6.92 Å². The minimum atomic E-state index is -3.46. The van der Waals surface area contributed by atoms with Crippen LogP contribution in [0.15, 0.2) is 39.6 Å². The summed E-state index contributed by atoms with van der Waals surface area (Å²) in [5.41, 5.74) is 0.317. The molecule has 0 aliphatic heterocycles. The third-order valence-electron chi connectivity index (χ3n) is 3.65. The van der Waals surface area contributed by atoms with Crippen molar-refractivity contribution in [3.05, 3.63) is 53.0 Å². The minimum Gasteiger partial charge on any atom is -0.478 e. The average molecular weight is 381 g/mol. The van der Waals surface area contributed by atoms with E-state index in [1.54, 1.807) is 0 Å². The van der Waals surface area contributed by atoms with Crippen LogP contribution in [0.3, 0.4) is 0 Å². The van der Waals surface area contributed by atoms with Gasteiger partial charge < -0.3 is 19.6 Å². The average Bonchev–Trinajstić information content (AvgIpc) is 2.99. The van der Waals surface area contributed by atoms with Crippen molar-refractivity contribution in [3.8, 4) is 0 Å². The SMILES string of the molecule is COCCS(=O)(=O)c1ccc(C(=O)NCc2cc(C(=O)O)c(C)o2)cc1. The van der Waals surface area contributed by atoms with Crippen LogP contribution in [-0.4, -0.2) is 44.9 Å². The zero-order chi connectivity index (χ0) is 19.3. The Morgan fingerprint density at radius 1 is 1.23 bits per heavy atom. The van der Waals surface area contributed by atoms with Gasteiger partial charge in [-0.1, -0.05) is 0 Å². The lowest BCUT2D eigenvalue weighted by molar-refractivity contribution is 0.0694. The number of sulfone groups is 1. The van der Waals surface area contributed by atoms with E-state index in [1.807, 2.05) is 0 Å². The Morgan fingerprint density at radius 3 is 2.42 bits per heavy atom. The summed E-state index contributed by atoms with van der Waals surface area (Å²) in [7, 11) is -2.04. The highest BCUT2D eigenvalue weighted by atomic mass is 32.2. The normalized spacial score (nSPS) is 11.3. The second kappa shape index (κ2) is 8.15. The summed E-state index contributed by atoms with van der Waals surface area (Å²) in [6.07, 6.45) is 0. The molecule has 9 heteroatoms. The van der Waals surface area contributed by atoms with Crippen LogP contribution in [0.2, 0.25) is 0 Å². The number of carbonyl (C=O) groups is 2. The number of carbonyl (C=O) groups excluding carboxylic acids is 1. The fraction of sp³-hybridized carbons (Fsp3) is 0.294. The number of hydrogen-bond acceptors (Lipinski definition) is 6. The zero-order valence-electron chi connectivity index (χ0n) is 14.3. The van der Waals surface area contributed by atoms with Crippen LogP contribution < -0.4 is 5.32 Å². The number of rotatable bonds is 8. The Labute approximate surface area is 150 Å². The first kappa shape index (κ1) is 19.7. The molecule has 2 N–H and O–H groups in total. The highest BCUT2D eigenvalue weighted by Crippen LogP contribution is 2.15. The Kier molecular flexibility index (Phi) is 6.17. The maximum absolute atomic E-state index is 12.1. The number of furan rings is 1. The number of nitrogens with one attached hydrogen (secondary N) is 1. The molecule has 2 rings (SSSR count). The molecular formula is C17H19NO7S. The third-order valence-corrected chi connectivity index (χ3v) is 5.35. The largest absolute Gasteiger partial charge is 0.478 e. The van der Waals surface area contributed by atoms with Crippen molar-refractivity contribution < 1.29 is 32.3 Å². The number of benzene rings is 1. The van der Waals surface area contributed by atoms with E-state index in [9.17, 15) is 18.0 Å². The zero-order valence-corrected chi connectivity index (χ0v) is 15.1. The van der Waals surface area contributed by atoms with Gasteiger partial charge in [-0.15, -0.1) is 0 Å². The summed E-state index contributed by atoms with van der Waals surface area (Å²) >= 11 is 0. The summed E-state index contributed by atoms with van der Waals surface area (Å²) < 4.78 is 34.1. The van der Waals surface area contributed by atoms with Crippen LogP contribution in [0.4, 0.5) is 0 Å². The monoisotopic (exact) mass is 381 g/mol. The number of amides is 1. The molecule has 0 bridgehead atoms. The Bertz CT molecular complexity index is 898. The van der Waals surface area contributed by atoms with Crippen molar-refractivity contribution in [1.29, 1.82) is 0 Å². The van der Waals surface area contributed by atoms with Crippen molar-refractivity contribution in [1.82, 2.24) is 5.32 Å². The first-order valence-corrected chi connectivity index (χ1v) is 9.32. The Hall–Kier alpha value is -2.65. The van der Waals surface area contributed by atoms with Crippen molar-refractivity contribution >= 4 is 21.7 Å². The number of ether oxygens (including phenoxy) is 1. The van der Waals surface area contributed by atoms with E-state index in [0.29, 0.717) is 5.76 Å². The first-order valence-electron chi connectivity index (χ1n) is 7.67. The van der Waals surface area contributed by atoms with Crippen LogP contribution in [0.25, 0.3) is 0 Å². The van der Waals surface area contributed by atoms with Crippen LogP contribution >= 0.6 is 0 Å². The Balaban J connectivity index is 2.02. The van der Waals surface area contributed by atoms with Gasteiger partial charge >= 0.3 is 5.97 Å². The van der Waals surface area contributed by atoms with Crippen molar-refractivity contribution in [2.45, 2.75) is 18.4 Å².